The van der Waals surface area contributed by atoms with E-state index in [1.807, 2.05) is 26.0 Å². The fraction of sp³-hybridized carbons (Fsp3) is 0.346. The van der Waals surface area contributed by atoms with Gasteiger partial charge in [0, 0.05) is 24.5 Å². The van der Waals surface area contributed by atoms with Crippen LogP contribution in [0.5, 0.6) is 0 Å². The third kappa shape index (κ3) is 4.40. The van der Waals surface area contributed by atoms with Gasteiger partial charge in [0.05, 0.1) is 0 Å². The first kappa shape index (κ1) is 19.8. The topological polar surface area (TPSA) is 16.1 Å². The normalized spacial score (nSPS) is 16.3. The third-order valence-electron chi connectivity index (χ3n) is 6.02. The monoisotopic (exact) mass is 388 g/mol. The van der Waals surface area contributed by atoms with Gasteiger partial charge in [-0.1, -0.05) is 38.1 Å². The van der Waals surface area contributed by atoms with E-state index in [-0.39, 0.29) is 11.2 Å². The molecule has 0 spiro atoms. The molecule has 0 N–H and O–H groups in total. The molecule has 0 unspecified atom stereocenters. The smallest absolute Gasteiger partial charge is 0.123 e. The standard InChI is InChI=1S/C26H29FN2/c1-18-13-22(14-19(2)28-18)21-7-10-25-23(15-21)17-29(12-11-26(25,3)4)16-20-5-8-24(27)9-6-20/h5-10,13-15H,11-12,16-17H2,1-4H3. The SMILES string of the molecule is Cc1cc(-c2ccc3c(c2)CN(Cc2ccc(F)cc2)CCC3(C)C)cc(C)n1. The zero-order chi connectivity index (χ0) is 20.6. The average Bonchev–Trinajstić information content (AvgIpc) is 2.79. The lowest BCUT2D eigenvalue weighted by Crippen LogP contribution is -2.25. The molecule has 29 heavy (non-hydrogen) atoms. The quantitative estimate of drug-likeness (QED) is 0.532. The van der Waals surface area contributed by atoms with Crippen LogP contribution in [0.1, 0.15) is 48.3 Å². The van der Waals surface area contributed by atoms with Crippen molar-refractivity contribution in [2.75, 3.05) is 6.54 Å². The van der Waals surface area contributed by atoms with Crippen molar-refractivity contribution >= 4 is 0 Å². The van der Waals surface area contributed by atoms with Gasteiger partial charge in [0.1, 0.15) is 5.82 Å². The number of halogens is 1. The first-order chi connectivity index (χ1) is 13.8. The van der Waals surface area contributed by atoms with Crippen LogP contribution in [0.25, 0.3) is 11.1 Å². The zero-order valence-corrected chi connectivity index (χ0v) is 17.8. The molecule has 0 aliphatic carbocycles. The Morgan fingerprint density at radius 3 is 2.31 bits per heavy atom. The molecule has 3 aromatic rings. The van der Waals surface area contributed by atoms with Crippen molar-refractivity contribution in [3.8, 4) is 11.1 Å². The van der Waals surface area contributed by atoms with E-state index in [0.29, 0.717) is 0 Å². The molecule has 0 fully saturated rings. The number of hydrogen-bond donors (Lipinski definition) is 0. The molecule has 2 nitrogen and oxygen atoms in total. The van der Waals surface area contributed by atoms with Crippen molar-refractivity contribution in [2.45, 2.75) is 52.6 Å². The number of fused-ring (bicyclic) bond motifs is 1. The predicted molar refractivity (Wildman–Crippen MR) is 117 cm³/mol. The Balaban J connectivity index is 1.68. The van der Waals surface area contributed by atoms with Gasteiger partial charge in [-0.05, 0) is 90.4 Å². The fourth-order valence-electron chi connectivity index (χ4n) is 4.44. The molecule has 1 aromatic heterocycles. The van der Waals surface area contributed by atoms with Crippen molar-refractivity contribution in [3.63, 3.8) is 0 Å². The van der Waals surface area contributed by atoms with E-state index in [1.54, 1.807) is 12.1 Å². The van der Waals surface area contributed by atoms with Gasteiger partial charge in [0.2, 0.25) is 0 Å². The minimum atomic E-state index is -0.177. The van der Waals surface area contributed by atoms with Gasteiger partial charge in [0.15, 0.2) is 0 Å². The van der Waals surface area contributed by atoms with Gasteiger partial charge in [-0.2, -0.15) is 0 Å². The molecule has 2 heterocycles. The molecule has 4 rings (SSSR count). The summed E-state index contributed by atoms with van der Waals surface area (Å²) in [6, 6.07) is 18.1. The highest BCUT2D eigenvalue weighted by Gasteiger charge is 2.28. The van der Waals surface area contributed by atoms with Gasteiger partial charge < -0.3 is 0 Å². The van der Waals surface area contributed by atoms with Gasteiger partial charge >= 0.3 is 0 Å². The van der Waals surface area contributed by atoms with Crippen LogP contribution < -0.4 is 0 Å². The molecule has 0 bridgehead atoms. The first-order valence-corrected chi connectivity index (χ1v) is 10.4. The Kier molecular flexibility index (Phi) is 5.26. The van der Waals surface area contributed by atoms with E-state index in [4.69, 9.17) is 0 Å². The number of nitrogens with zero attached hydrogens (tertiary/aromatic N) is 2. The minimum absolute atomic E-state index is 0.134. The summed E-state index contributed by atoms with van der Waals surface area (Å²) in [7, 11) is 0. The first-order valence-electron chi connectivity index (χ1n) is 10.4. The van der Waals surface area contributed by atoms with Crippen LogP contribution in [-0.4, -0.2) is 16.4 Å². The number of rotatable bonds is 3. The third-order valence-corrected chi connectivity index (χ3v) is 6.02. The Hall–Kier alpha value is -2.52. The highest BCUT2D eigenvalue weighted by molar-refractivity contribution is 5.66. The number of pyridine rings is 1. The van der Waals surface area contributed by atoms with Crippen LogP contribution in [0.3, 0.4) is 0 Å². The number of aryl methyl sites for hydroxylation is 2. The number of hydrogen-bond acceptors (Lipinski definition) is 2. The van der Waals surface area contributed by atoms with Crippen LogP contribution in [0, 0.1) is 19.7 Å². The summed E-state index contributed by atoms with van der Waals surface area (Å²) in [6.45, 7) is 11.6. The van der Waals surface area contributed by atoms with E-state index in [2.05, 4.69) is 54.1 Å². The molecule has 2 aromatic carbocycles. The molecule has 0 radical (unpaired) electrons. The molecule has 1 aliphatic rings. The molecule has 0 saturated carbocycles. The minimum Gasteiger partial charge on any atom is -0.295 e. The van der Waals surface area contributed by atoms with E-state index in [9.17, 15) is 4.39 Å². The van der Waals surface area contributed by atoms with E-state index in [0.717, 1.165) is 43.0 Å². The average molecular weight is 389 g/mol. The molecule has 1 aliphatic heterocycles. The summed E-state index contributed by atoms with van der Waals surface area (Å²) in [5.74, 6) is -0.177. The predicted octanol–water partition coefficient (Wildman–Crippen LogP) is 6.19. The van der Waals surface area contributed by atoms with Crippen molar-refractivity contribution in [2.24, 2.45) is 0 Å². The summed E-state index contributed by atoms with van der Waals surface area (Å²) in [4.78, 5) is 7.00. The molecule has 0 atom stereocenters. The fourth-order valence-corrected chi connectivity index (χ4v) is 4.44. The second kappa shape index (κ2) is 7.72. The van der Waals surface area contributed by atoms with Crippen molar-refractivity contribution in [1.29, 1.82) is 0 Å². The second-order valence-corrected chi connectivity index (χ2v) is 8.98. The molecule has 150 valence electrons. The summed E-state index contributed by atoms with van der Waals surface area (Å²) in [6.07, 6.45) is 1.11. The van der Waals surface area contributed by atoms with E-state index < -0.39 is 0 Å². The van der Waals surface area contributed by atoms with Gasteiger partial charge in [-0.25, -0.2) is 4.39 Å². The van der Waals surface area contributed by atoms with Crippen LogP contribution in [0.2, 0.25) is 0 Å². The summed E-state index contributed by atoms with van der Waals surface area (Å²) < 4.78 is 13.3. The van der Waals surface area contributed by atoms with E-state index in [1.165, 1.54) is 22.3 Å². The lowest BCUT2D eigenvalue weighted by Gasteiger charge is -2.25. The Bertz CT molecular complexity index is 1000. The highest BCUT2D eigenvalue weighted by Crippen LogP contribution is 2.36. The zero-order valence-electron chi connectivity index (χ0n) is 17.8. The second-order valence-electron chi connectivity index (χ2n) is 8.98. The van der Waals surface area contributed by atoms with Crippen LogP contribution in [-0.2, 0) is 18.5 Å². The van der Waals surface area contributed by atoms with Crippen molar-refractivity contribution < 1.29 is 4.39 Å². The van der Waals surface area contributed by atoms with Crippen molar-refractivity contribution in [1.82, 2.24) is 9.88 Å². The maximum atomic E-state index is 13.3. The van der Waals surface area contributed by atoms with Gasteiger partial charge in [0.25, 0.3) is 0 Å². The molecular weight excluding hydrogens is 359 g/mol. The Morgan fingerprint density at radius 1 is 0.931 bits per heavy atom. The summed E-state index contributed by atoms with van der Waals surface area (Å²) in [5.41, 5.74) is 8.69. The largest absolute Gasteiger partial charge is 0.295 e. The van der Waals surface area contributed by atoms with Gasteiger partial charge in [-0.15, -0.1) is 0 Å². The lowest BCUT2D eigenvalue weighted by atomic mass is 9.79. The van der Waals surface area contributed by atoms with Crippen molar-refractivity contribution in [3.05, 3.63) is 88.5 Å². The van der Waals surface area contributed by atoms with Crippen LogP contribution >= 0.6 is 0 Å². The maximum absolute atomic E-state index is 13.3. The number of benzene rings is 2. The Labute approximate surface area is 173 Å². The van der Waals surface area contributed by atoms with Crippen LogP contribution in [0.15, 0.2) is 54.6 Å². The summed E-state index contributed by atoms with van der Waals surface area (Å²) >= 11 is 0. The molecule has 3 heteroatoms. The molecular formula is C26H29FN2. The molecule has 0 saturated heterocycles. The number of aromatic nitrogens is 1. The molecule has 0 amide bonds. The highest BCUT2D eigenvalue weighted by atomic mass is 19.1. The Morgan fingerprint density at radius 2 is 1.62 bits per heavy atom. The summed E-state index contributed by atoms with van der Waals surface area (Å²) in [5, 5.41) is 0. The maximum Gasteiger partial charge on any atom is 0.123 e. The lowest BCUT2D eigenvalue weighted by molar-refractivity contribution is 0.246. The van der Waals surface area contributed by atoms with Crippen LogP contribution in [0.4, 0.5) is 4.39 Å². The van der Waals surface area contributed by atoms with E-state index >= 15 is 0 Å². The van der Waals surface area contributed by atoms with Gasteiger partial charge in [-0.3, -0.25) is 9.88 Å².